The van der Waals surface area contributed by atoms with Crippen LogP contribution >= 0.6 is 0 Å². The largest absolute Gasteiger partial charge is 0.481 e. The number of hydrogen-bond donors (Lipinski definition) is 3. The zero-order valence-corrected chi connectivity index (χ0v) is 8.05. The van der Waals surface area contributed by atoms with Gasteiger partial charge in [-0.2, -0.15) is 0 Å². The van der Waals surface area contributed by atoms with Crippen LogP contribution in [0.5, 0.6) is 0 Å². The van der Waals surface area contributed by atoms with Crippen molar-refractivity contribution in [2.75, 3.05) is 5.73 Å². The summed E-state index contributed by atoms with van der Waals surface area (Å²) in [4.78, 5) is 14.5. The van der Waals surface area contributed by atoms with Crippen LogP contribution in [0.25, 0.3) is 0 Å². The van der Waals surface area contributed by atoms with E-state index in [1.807, 2.05) is 0 Å². The number of nitrogens with two attached hydrogens (primary N) is 1. The summed E-state index contributed by atoms with van der Waals surface area (Å²) in [7, 11) is 0. The Morgan fingerprint density at radius 1 is 1.60 bits per heavy atom. The van der Waals surface area contributed by atoms with Gasteiger partial charge in [0.05, 0.1) is 11.5 Å². The number of carboxylic acids is 1. The lowest BCUT2D eigenvalue weighted by Crippen LogP contribution is -2.45. The number of hydrogen-bond acceptors (Lipinski definition) is 4. The zero-order chi connectivity index (χ0) is 11.1. The maximum atomic E-state index is 10.6. The second-order valence-corrected chi connectivity index (χ2v) is 3.94. The van der Waals surface area contributed by atoms with E-state index in [-0.39, 0.29) is 12.8 Å². The Labute approximate surface area is 86.6 Å². The number of rotatable bonds is 2. The standard InChI is InChI=1S/C10H12N2O3/c11-8-1-2-12-5-7(8)10(15)3-6(4-10)9(13)14/h1-2,5-6,15H,3-4H2,(H2,11,12)(H,13,14). The first-order valence-corrected chi connectivity index (χ1v) is 4.68. The molecular formula is C10H12N2O3. The molecule has 0 amide bonds. The molecule has 80 valence electrons. The highest BCUT2D eigenvalue weighted by molar-refractivity contribution is 5.72. The van der Waals surface area contributed by atoms with Crippen LogP contribution in [0.1, 0.15) is 18.4 Å². The molecule has 0 spiro atoms. The van der Waals surface area contributed by atoms with E-state index in [9.17, 15) is 9.90 Å². The molecule has 1 saturated carbocycles. The SMILES string of the molecule is Nc1ccncc1C1(O)CC(C(=O)O)C1. The molecule has 0 aliphatic heterocycles. The fourth-order valence-corrected chi connectivity index (χ4v) is 1.94. The molecule has 0 atom stereocenters. The van der Waals surface area contributed by atoms with E-state index in [1.54, 1.807) is 6.07 Å². The fraction of sp³-hybridized carbons (Fsp3) is 0.400. The normalized spacial score (nSPS) is 29.5. The Bertz CT molecular complexity index is 399. The summed E-state index contributed by atoms with van der Waals surface area (Å²) in [5, 5.41) is 18.8. The molecule has 5 heteroatoms. The molecule has 1 aliphatic carbocycles. The average molecular weight is 208 g/mol. The molecule has 1 aromatic rings. The predicted molar refractivity (Wildman–Crippen MR) is 52.9 cm³/mol. The first-order chi connectivity index (χ1) is 7.03. The minimum Gasteiger partial charge on any atom is -0.481 e. The van der Waals surface area contributed by atoms with Crippen LogP contribution in [0.3, 0.4) is 0 Å². The Morgan fingerprint density at radius 2 is 2.27 bits per heavy atom. The summed E-state index contributed by atoms with van der Waals surface area (Å²) < 4.78 is 0. The van der Waals surface area contributed by atoms with Crippen molar-refractivity contribution in [2.45, 2.75) is 18.4 Å². The Balaban J connectivity index is 2.20. The lowest BCUT2D eigenvalue weighted by atomic mass is 9.67. The van der Waals surface area contributed by atoms with E-state index in [1.165, 1.54) is 12.4 Å². The summed E-state index contributed by atoms with van der Waals surface area (Å²) in [5.74, 6) is -1.35. The number of anilines is 1. The van der Waals surface area contributed by atoms with Gasteiger partial charge in [-0.3, -0.25) is 9.78 Å². The van der Waals surface area contributed by atoms with Crippen LogP contribution in [0, 0.1) is 5.92 Å². The van der Waals surface area contributed by atoms with Crippen LogP contribution in [0.15, 0.2) is 18.5 Å². The average Bonchev–Trinajstić information content (AvgIpc) is 2.13. The van der Waals surface area contributed by atoms with E-state index in [2.05, 4.69) is 4.98 Å². The lowest BCUT2D eigenvalue weighted by molar-refractivity contribution is -0.159. The van der Waals surface area contributed by atoms with Crippen molar-refractivity contribution in [2.24, 2.45) is 5.92 Å². The molecule has 1 fully saturated rings. The highest BCUT2D eigenvalue weighted by Gasteiger charge is 2.48. The Kier molecular flexibility index (Phi) is 2.12. The first-order valence-electron chi connectivity index (χ1n) is 4.68. The number of nitrogen functional groups attached to an aromatic ring is 1. The van der Waals surface area contributed by atoms with Gasteiger partial charge in [-0.05, 0) is 18.9 Å². The number of aromatic nitrogens is 1. The summed E-state index contributed by atoms with van der Waals surface area (Å²) in [6.45, 7) is 0. The summed E-state index contributed by atoms with van der Waals surface area (Å²) in [5.41, 5.74) is 5.57. The van der Waals surface area contributed by atoms with Gasteiger partial charge in [0, 0.05) is 23.6 Å². The topological polar surface area (TPSA) is 96.4 Å². The maximum absolute atomic E-state index is 10.6. The van der Waals surface area contributed by atoms with E-state index in [0.717, 1.165) is 0 Å². The van der Waals surface area contributed by atoms with Crippen molar-refractivity contribution in [3.63, 3.8) is 0 Å². The molecular weight excluding hydrogens is 196 g/mol. The van der Waals surface area contributed by atoms with Gasteiger partial charge in [0.15, 0.2) is 0 Å². The molecule has 0 aromatic carbocycles. The second kappa shape index (κ2) is 3.20. The number of pyridine rings is 1. The minimum absolute atomic E-state index is 0.207. The third kappa shape index (κ3) is 1.55. The number of aliphatic carboxylic acids is 1. The molecule has 0 bridgehead atoms. The van der Waals surface area contributed by atoms with Crippen molar-refractivity contribution < 1.29 is 15.0 Å². The second-order valence-electron chi connectivity index (χ2n) is 3.94. The van der Waals surface area contributed by atoms with E-state index in [0.29, 0.717) is 11.3 Å². The first kappa shape index (κ1) is 9.92. The van der Waals surface area contributed by atoms with E-state index >= 15 is 0 Å². The lowest BCUT2D eigenvalue weighted by Gasteiger charge is -2.42. The number of carbonyl (C=O) groups is 1. The minimum atomic E-state index is -1.11. The van der Waals surface area contributed by atoms with E-state index in [4.69, 9.17) is 10.8 Å². The van der Waals surface area contributed by atoms with Crippen LogP contribution in [-0.4, -0.2) is 21.2 Å². The van der Waals surface area contributed by atoms with Gasteiger partial charge in [-0.25, -0.2) is 0 Å². The van der Waals surface area contributed by atoms with Gasteiger partial charge in [0.2, 0.25) is 0 Å². The fourth-order valence-electron chi connectivity index (χ4n) is 1.94. The summed E-state index contributed by atoms with van der Waals surface area (Å²) in [6, 6.07) is 1.60. The van der Waals surface area contributed by atoms with Crippen LogP contribution < -0.4 is 5.73 Å². The quantitative estimate of drug-likeness (QED) is 0.651. The van der Waals surface area contributed by atoms with Crippen LogP contribution in [0.2, 0.25) is 0 Å². The predicted octanol–water partition coefficient (Wildman–Crippen LogP) is 0.346. The molecule has 0 saturated heterocycles. The number of aliphatic hydroxyl groups is 1. The van der Waals surface area contributed by atoms with Gasteiger partial charge in [-0.15, -0.1) is 0 Å². The molecule has 4 N–H and O–H groups in total. The van der Waals surface area contributed by atoms with Crippen LogP contribution in [0.4, 0.5) is 5.69 Å². The molecule has 1 aromatic heterocycles. The highest BCUT2D eigenvalue weighted by atomic mass is 16.4. The van der Waals surface area contributed by atoms with Gasteiger partial charge in [0.25, 0.3) is 0 Å². The smallest absolute Gasteiger partial charge is 0.306 e. The molecule has 1 aliphatic rings. The monoisotopic (exact) mass is 208 g/mol. The molecule has 15 heavy (non-hydrogen) atoms. The third-order valence-corrected chi connectivity index (χ3v) is 2.87. The maximum Gasteiger partial charge on any atom is 0.306 e. The molecule has 0 radical (unpaired) electrons. The summed E-state index contributed by atoms with van der Waals surface area (Å²) >= 11 is 0. The third-order valence-electron chi connectivity index (χ3n) is 2.87. The number of nitrogens with zero attached hydrogens (tertiary/aromatic N) is 1. The molecule has 0 unspecified atom stereocenters. The van der Waals surface area contributed by atoms with Crippen molar-refractivity contribution in [3.8, 4) is 0 Å². The zero-order valence-electron chi connectivity index (χ0n) is 8.05. The van der Waals surface area contributed by atoms with Gasteiger partial charge in [-0.1, -0.05) is 0 Å². The van der Waals surface area contributed by atoms with Gasteiger partial charge < -0.3 is 15.9 Å². The van der Waals surface area contributed by atoms with Gasteiger partial charge in [0.1, 0.15) is 0 Å². The number of carboxylic acid groups (broad SMARTS) is 1. The van der Waals surface area contributed by atoms with Crippen LogP contribution in [-0.2, 0) is 10.4 Å². The molecule has 5 nitrogen and oxygen atoms in total. The van der Waals surface area contributed by atoms with Crippen molar-refractivity contribution in [3.05, 3.63) is 24.0 Å². The van der Waals surface area contributed by atoms with Crippen molar-refractivity contribution >= 4 is 11.7 Å². The van der Waals surface area contributed by atoms with E-state index < -0.39 is 17.5 Å². The molecule has 2 rings (SSSR count). The molecule has 1 heterocycles. The van der Waals surface area contributed by atoms with Gasteiger partial charge >= 0.3 is 5.97 Å². The van der Waals surface area contributed by atoms with Crippen molar-refractivity contribution in [1.29, 1.82) is 0 Å². The van der Waals surface area contributed by atoms with Crippen molar-refractivity contribution in [1.82, 2.24) is 4.98 Å². The summed E-state index contributed by atoms with van der Waals surface area (Å²) in [6.07, 6.45) is 3.44. The Hall–Kier alpha value is -1.62. The highest BCUT2D eigenvalue weighted by Crippen LogP contribution is 2.47. The Morgan fingerprint density at radius 3 is 2.80 bits per heavy atom.